The fraction of sp³-hybridized carbons (Fsp3) is 0.312. The normalized spacial score (nSPS) is 11.5. The van der Waals surface area contributed by atoms with Crippen LogP contribution in [-0.4, -0.2) is 37.4 Å². The summed E-state index contributed by atoms with van der Waals surface area (Å²) in [4.78, 5) is 23.6. The summed E-state index contributed by atoms with van der Waals surface area (Å²) in [5.41, 5.74) is 0.317. The standard InChI is InChI=1S/C16H18N2O6/c1-9-7-14(18-24-9)17-15(19)10(2)23-12-6-5-11(16(20)22-4)8-13(12)21-3/h5-8,10H,1-4H3,(H,17,18,19)/t10-/m0/s1. The number of hydrogen-bond acceptors (Lipinski definition) is 7. The predicted octanol–water partition coefficient (Wildman–Crippen LogP) is 2.18. The van der Waals surface area contributed by atoms with Crippen LogP contribution < -0.4 is 14.8 Å². The Morgan fingerprint density at radius 2 is 1.96 bits per heavy atom. The molecular formula is C16H18N2O6. The van der Waals surface area contributed by atoms with Crippen molar-refractivity contribution < 1.29 is 28.3 Å². The van der Waals surface area contributed by atoms with Crippen LogP contribution in [0.1, 0.15) is 23.0 Å². The topological polar surface area (TPSA) is 99.9 Å². The second-order valence-electron chi connectivity index (χ2n) is 4.93. The maximum absolute atomic E-state index is 12.1. The molecule has 0 radical (unpaired) electrons. The third kappa shape index (κ3) is 4.03. The van der Waals surface area contributed by atoms with Crippen molar-refractivity contribution in [3.8, 4) is 11.5 Å². The second kappa shape index (κ2) is 7.49. The quantitative estimate of drug-likeness (QED) is 0.808. The summed E-state index contributed by atoms with van der Waals surface area (Å²) in [6, 6.07) is 6.13. The summed E-state index contributed by atoms with van der Waals surface area (Å²) in [6.07, 6.45) is -0.820. The molecule has 0 saturated carbocycles. The monoisotopic (exact) mass is 334 g/mol. The van der Waals surface area contributed by atoms with Gasteiger partial charge in [0.25, 0.3) is 5.91 Å². The molecular weight excluding hydrogens is 316 g/mol. The molecule has 1 aromatic heterocycles. The maximum Gasteiger partial charge on any atom is 0.337 e. The Labute approximate surface area is 138 Å². The van der Waals surface area contributed by atoms with E-state index in [9.17, 15) is 9.59 Å². The van der Waals surface area contributed by atoms with Crippen molar-refractivity contribution in [1.82, 2.24) is 5.16 Å². The average molecular weight is 334 g/mol. The molecule has 8 heteroatoms. The number of benzene rings is 1. The molecule has 0 aliphatic heterocycles. The number of ether oxygens (including phenoxy) is 3. The Morgan fingerprint density at radius 3 is 2.54 bits per heavy atom. The van der Waals surface area contributed by atoms with Crippen LogP contribution in [0.15, 0.2) is 28.8 Å². The Balaban J connectivity index is 2.08. The lowest BCUT2D eigenvalue weighted by molar-refractivity contribution is -0.122. The van der Waals surface area contributed by atoms with Crippen molar-refractivity contribution in [3.63, 3.8) is 0 Å². The van der Waals surface area contributed by atoms with Gasteiger partial charge in [-0.15, -0.1) is 0 Å². The number of carbonyl (C=O) groups excluding carboxylic acids is 2. The highest BCUT2D eigenvalue weighted by Crippen LogP contribution is 2.29. The number of nitrogens with one attached hydrogen (secondary N) is 1. The highest BCUT2D eigenvalue weighted by atomic mass is 16.5. The average Bonchev–Trinajstić information content (AvgIpc) is 2.99. The largest absolute Gasteiger partial charge is 0.493 e. The molecule has 0 unspecified atom stereocenters. The van der Waals surface area contributed by atoms with E-state index in [-0.39, 0.29) is 0 Å². The number of methoxy groups -OCH3 is 2. The lowest BCUT2D eigenvalue weighted by atomic mass is 10.2. The molecule has 0 bridgehead atoms. The van der Waals surface area contributed by atoms with Gasteiger partial charge in [-0.1, -0.05) is 5.16 Å². The van der Waals surface area contributed by atoms with Crippen LogP contribution >= 0.6 is 0 Å². The van der Waals surface area contributed by atoms with Crippen LogP contribution in [0.25, 0.3) is 0 Å². The van der Waals surface area contributed by atoms with Gasteiger partial charge >= 0.3 is 5.97 Å². The van der Waals surface area contributed by atoms with Crippen molar-refractivity contribution >= 4 is 17.7 Å². The van der Waals surface area contributed by atoms with E-state index < -0.39 is 18.0 Å². The molecule has 2 rings (SSSR count). The molecule has 0 saturated heterocycles. The molecule has 8 nitrogen and oxygen atoms in total. The van der Waals surface area contributed by atoms with Gasteiger partial charge in [-0.3, -0.25) is 4.79 Å². The maximum atomic E-state index is 12.1. The number of aryl methyl sites for hydroxylation is 1. The van der Waals surface area contributed by atoms with Crippen LogP contribution in [0.5, 0.6) is 11.5 Å². The Morgan fingerprint density at radius 1 is 1.21 bits per heavy atom. The molecule has 128 valence electrons. The number of amides is 1. The van der Waals surface area contributed by atoms with E-state index in [1.807, 2.05) is 0 Å². The first-order valence-corrected chi connectivity index (χ1v) is 7.11. The van der Waals surface area contributed by atoms with E-state index in [1.165, 1.54) is 32.4 Å². The van der Waals surface area contributed by atoms with Gasteiger partial charge in [-0.05, 0) is 32.0 Å². The second-order valence-corrected chi connectivity index (χ2v) is 4.93. The summed E-state index contributed by atoms with van der Waals surface area (Å²) in [5, 5.41) is 6.26. The molecule has 1 aromatic carbocycles. The number of carbonyl (C=O) groups is 2. The third-order valence-electron chi connectivity index (χ3n) is 3.14. The van der Waals surface area contributed by atoms with Gasteiger partial charge in [-0.2, -0.15) is 0 Å². The molecule has 24 heavy (non-hydrogen) atoms. The fourth-order valence-corrected chi connectivity index (χ4v) is 1.91. The van der Waals surface area contributed by atoms with Crippen LogP contribution in [0.2, 0.25) is 0 Å². The summed E-state index contributed by atoms with van der Waals surface area (Å²) in [6.45, 7) is 3.30. The smallest absolute Gasteiger partial charge is 0.337 e. The summed E-state index contributed by atoms with van der Waals surface area (Å²) in [7, 11) is 2.73. The minimum Gasteiger partial charge on any atom is -0.493 e. The first-order chi connectivity index (χ1) is 11.4. The highest BCUT2D eigenvalue weighted by molar-refractivity contribution is 5.93. The first-order valence-electron chi connectivity index (χ1n) is 7.11. The van der Waals surface area contributed by atoms with Gasteiger partial charge in [-0.25, -0.2) is 4.79 Å². The summed E-state index contributed by atoms with van der Waals surface area (Å²) < 4.78 is 20.3. The van der Waals surface area contributed by atoms with E-state index in [2.05, 4.69) is 15.2 Å². The fourth-order valence-electron chi connectivity index (χ4n) is 1.91. The molecule has 2 aromatic rings. The zero-order valence-corrected chi connectivity index (χ0v) is 13.8. The van der Waals surface area contributed by atoms with E-state index in [1.54, 1.807) is 19.9 Å². The lowest BCUT2D eigenvalue weighted by Crippen LogP contribution is -2.30. The SMILES string of the molecule is COC(=O)c1ccc(O[C@@H](C)C(=O)Nc2cc(C)on2)c(OC)c1. The number of aromatic nitrogens is 1. The van der Waals surface area contributed by atoms with Crippen molar-refractivity contribution in [2.45, 2.75) is 20.0 Å². The van der Waals surface area contributed by atoms with Gasteiger partial charge in [0.1, 0.15) is 5.76 Å². The lowest BCUT2D eigenvalue weighted by Gasteiger charge is -2.16. The van der Waals surface area contributed by atoms with Gasteiger partial charge in [0, 0.05) is 6.07 Å². The molecule has 0 spiro atoms. The van der Waals surface area contributed by atoms with Crippen molar-refractivity contribution in [1.29, 1.82) is 0 Å². The zero-order chi connectivity index (χ0) is 17.7. The van der Waals surface area contributed by atoms with E-state index >= 15 is 0 Å². The summed E-state index contributed by atoms with van der Waals surface area (Å²) in [5.74, 6) is 0.633. The number of nitrogens with zero attached hydrogens (tertiary/aromatic N) is 1. The summed E-state index contributed by atoms with van der Waals surface area (Å²) >= 11 is 0. The molecule has 0 fully saturated rings. The molecule has 1 N–H and O–H groups in total. The molecule has 1 atom stereocenters. The third-order valence-corrected chi connectivity index (χ3v) is 3.14. The van der Waals surface area contributed by atoms with E-state index in [4.69, 9.17) is 14.0 Å². The number of rotatable bonds is 6. The molecule has 0 aliphatic carbocycles. The number of hydrogen-bond donors (Lipinski definition) is 1. The van der Waals surface area contributed by atoms with Gasteiger partial charge < -0.3 is 24.1 Å². The molecule has 0 aliphatic rings. The van der Waals surface area contributed by atoms with Crippen molar-refractivity contribution in [2.75, 3.05) is 19.5 Å². The van der Waals surface area contributed by atoms with E-state index in [0.29, 0.717) is 28.6 Å². The Bertz CT molecular complexity index is 740. The Kier molecular flexibility index (Phi) is 5.41. The number of esters is 1. The predicted molar refractivity (Wildman–Crippen MR) is 84.3 cm³/mol. The van der Waals surface area contributed by atoms with Gasteiger partial charge in [0.15, 0.2) is 23.4 Å². The van der Waals surface area contributed by atoms with Crippen LogP contribution in [0, 0.1) is 6.92 Å². The minimum absolute atomic E-state index is 0.306. The van der Waals surface area contributed by atoms with Crippen LogP contribution in [0.4, 0.5) is 5.82 Å². The van der Waals surface area contributed by atoms with Crippen molar-refractivity contribution in [3.05, 3.63) is 35.6 Å². The van der Waals surface area contributed by atoms with Crippen molar-refractivity contribution in [2.24, 2.45) is 0 Å². The molecule has 1 heterocycles. The van der Waals surface area contributed by atoms with E-state index in [0.717, 1.165) is 0 Å². The van der Waals surface area contributed by atoms with Crippen LogP contribution in [-0.2, 0) is 9.53 Å². The number of anilines is 1. The minimum atomic E-state index is -0.820. The van der Waals surface area contributed by atoms with Gasteiger partial charge in [0.2, 0.25) is 0 Å². The van der Waals surface area contributed by atoms with Crippen LogP contribution in [0.3, 0.4) is 0 Å². The van der Waals surface area contributed by atoms with Gasteiger partial charge in [0.05, 0.1) is 19.8 Å². The zero-order valence-electron chi connectivity index (χ0n) is 13.8. The molecule has 1 amide bonds. The Hall–Kier alpha value is -3.03. The highest BCUT2D eigenvalue weighted by Gasteiger charge is 2.19. The first kappa shape index (κ1) is 17.3.